The largest absolute Gasteiger partial charge is 0.488 e. The highest BCUT2D eigenvalue weighted by atomic mass is 16.5. The van der Waals surface area contributed by atoms with E-state index in [-0.39, 0.29) is 0 Å². The molecule has 0 N–H and O–H groups in total. The number of aryl methyl sites for hydroxylation is 2. The van der Waals surface area contributed by atoms with Gasteiger partial charge in [-0.15, -0.1) is 0 Å². The maximum atomic E-state index is 5.99. The molecule has 0 saturated heterocycles. The number of allylic oxidation sites excluding steroid dienone is 2. The van der Waals surface area contributed by atoms with Gasteiger partial charge in [-0.25, -0.2) is 0 Å². The minimum Gasteiger partial charge on any atom is -0.488 e. The fourth-order valence-electron chi connectivity index (χ4n) is 3.34. The Morgan fingerprint density at radius 2 is 1.80 bits per heavy atom. The topological polar surface area (TPSA) is 9.23 Å². The van der Waals surface area contributed by atoms with Crippen LogP contribution in [0.15, 0.2) is 36.4 Å². The molecule has 2 aromatic carbocycles. The van der Waals surface area contributed by atoms with Crippen LogP contribution >= 0.6 is 0 Å². The van der Waals surface area contributed by atoms with Gasteiger partial charge in [0.05, 0.1) is 0 Å². The Balaban J connectivity index is 1.94. The van der Waals surface area contributed by atoms with Crippen molar-refractivity contribution < 1.29 is 4.74 Å². The fraction of sp³-hybridized carbons (Fsp3) is 0.263. The lowest BCUT2D eigenvalue weighted by Gasteiger charge is -2.25. The molecule has 0 amide bonds. The highest BCUT2D eigenvalue weighted by Gasteiger charge is 2.21. The molecule has 1 aliphatic heterocycles. The van der Waals surface area contributed by atoms with Gasteiger partial charge in [-0.1, -0.05) is 29.8 Å². The molecule has 2 aliphatic rings. The highest BCUT2D eigenvalue weighted by molar-refractivity contribution is 5.81. The number of ether oxygens (including phenoxy) is 1. The first-order chi connectivity index (χ1) is 9.72. The lowest BCUT2D eigenvalue weighted by molar-refractivity contribution is 0.302. The monoisotopic (exact) mass is 262 g/mol. The Labute approximate surface area is 119 Å². The van der Waals surface area contributed by atoms with Crippen LogP contribution in [0.3, 0.4) is 0 Å². The average molecular weight is 262 g/mol. The van der Waals surface area contributed by atoms with Crippen molar-refractivity contribution in [3.05, 3.63) is 58.7 Å². The van der Waals surface area contributed by atoms with Crippen molar-refractivity contribution >= 4 is 5.57 Å². The molecule has 0 spiro atoms. The van der Waals surface area contributed by atoms with Gasteiger partial charge in [0.1, 0.15) is 12.4 Å². The Morgan fingerprint density at radius 1 is 0.900 bits per heavy atom. The van der Waals surface area contributed by atoms with E-state index in [4.69, 9.17) is 4.74 Å². The normalized spacial score (nSPS) is 15.6. The summed E-state index contributed by atoms with van der Waals surface area (Å²) in [5.74, 6) is 1.04. The summed E-state index contributed by atoms with van der Waals surface area (Å²) in [7, 11) is 0. The molecule has 0 bridgehead atoms. The van der Waals surface area contributed by atoms with Gasteiger partial charge in [0.2, 0.25) is 0 Å². The number of fused-ring (bicyclic) bond motifs is 4. The molecule has 0 aromatic heterocycles. The molecule has 1 nitrogen and oxygen atoms in total. The van der Waals surface area contributed by atoms with E-state index in [0.29, 0.717) is 6.61 Å². The summed E-state index contributed by atoms with van der Waals surface area (Å²) in [6.07, 6.45) is 4.62. The van der Waals surface area contributed by atoms with Crippen molar-refractivity contribution in [1.82, 2.24) is 0 Å². The molecule has 2 aromatic rings. The second-order valence-electron chi connectivity index (χ2n) is 5.88. The van der Waals surface area contributed by atoms with Crippen molar-refractivity contribution in [3.63, 3.8) is 0 Å². The van der Waals surface area contributed by atoms with Crippen LogP contribution in [0.2, 0.25) is 0 Å². The van der Waals surface area contributed by atoms with Crippen LogP contribution in [0, 0.1) is 6.92 Å². The van der Waals surface area contributed by atoms with Crippen LogP contribution in [0.1, 0.15) is 35.6 Å². The van der Waals surface area contributed by atoms with E-state index in [1.165, 1.54) is 39.0 Å². The number of rotatable bonds is 0. The average Bonchev–Trinajstić information content (AvgIpc) is 2.45. The van der Waals surface area contributed by atoms with Crippen LogP contribution in [0.25, 0.3) is 16.7 Å². The zero-order chi connectivity index (χ0) is 13.7. The van der Waals surface area contributed by atoms with Gasteiger partial charge in [0.15, 0.2) is 0 Å². The van der Waals surface area contributed by atoms with Gasteiger partial charge in [-0.05, 0) is 66.6 Å². The fourth-order valence-corrected chi connectivity index (χ4v) is 3.34. The van der Waals surface area contributed by atoms with E-state index in [0.717, 1.165) is 18.6 Å². The van der Waals surface area contributed by atoms with Gasteiger partial charge in [-0.2, -0.15) is 0 Å². The first-order valence-corrected chi connectivity index (χ1v) is 7.29. The second kappa shape index (κ2) is 4.24. The maximum Gasteiger partial charge on any atom is 0.128 e. The SMILES string of the molecule is CC1=CCCc2cc3c(cc21)OCc1cc(C)ccc1-3. The van der Waals surface area contributed by atoms with Crippen molar-refractivity contribution in [1.29, 1.82) is 0 Å². The summed E-state index contributed by atoms with van der Waals surface area (Å²) in [6.45, 7) is 5.02. The van der Waals surface area contributed by atoms with Gasteiger partial charge in [0, 0.05) is 5.56 Å². The first-order valence-electron chi connectivity index (χ1n) is 7.29. The van der Waals surface area contributed by atoms with Crippen molar-refractivity contribution in [2.45, 2.75) is 33.3 Å². The van der Waals surface area contributed by atoms with E-state index >= 15 is 0 Å². The molecule has 4 rings (SSSR count). The first kappa shape index (κ1) is 11.8. The van der Waals surface area contributed by atoms with Crippen LogP contribution < -0.4 is 4.74 Å². The standard InChI is InChI=1S/C19H18O/c1-12-6-7-16-15(8-12)11-20-19-10-17-13(2)4-3-5-14(17)9-18(16)19/h4,6-10H,3,5,11H2,1-2H3. The van der Waals surface area contributed by atoms with Crippen LogP contribution in [-0.4, -0.2) is 0 Å². The summed E-state index contributed by atoms with van der Waals surface area (Å²) in [5.41, 5.74) is 9.42. The Bertz CT molecular complexity index is 738. The zero-order valence-corrected chi connectivity index (χ0v) is 12.0. The quantitative estimate of drug-likeness (QED) is 0.656. The van der Waals surface area contributed by atoms with Crippen molar-refractivity contribution in [2.75, 3.05) is 0 Å². The van der Waals surface area contributed by atoms with Gasteiger partial charge < -0.3 is 4.74 Å². The third kappa shape index (κ3) is 1.70. The predicted octanol–water partition coefficient (Wildman–Crippen LogP) is 4.90. The zero-order valence-electron chi connectivity index (χ0n) is 12.0. The molecule has 1 heteroatoms. The van der Waals surface area contributed by atoms with E-state index < -0.39 is 0 Å². The van der Waals surface area contributed by atoms with E-state index in [1.54, 1.807) is 0 Å². The summed E-state index contributed by atoms with van der Waals surface area (Å²) in [4.78, 5) is 0. The van der Waals surface area contributed by atoms with Crippen LogP contribution in [0.4, 0.5) is 0 Å². The smallest absolute Gasteiger partial charge is 0.128 e. The molecule has 1 aliphatic carbocycles. The predicted molar refractivity (Wildman–Crippen MR) is 82.9 cm³/mol. The molecular weight excluding hydrogens is 244 g/mol. The van der Waals surface area contributed by atoms with Crippen molar-refractivity contribution in [3.8, 4) is 16.9 Å². The molecule has 1 heterocycles. The van der Waals surface area contributed by atoms with E-state index in [2.05, 4.69) is 50.3 Å². The Hall–Kier alpha value is -2.02. The lowest BCUT2D eigenvalue weighted by Crippen LogP contribution is -2.08. The van der Waals surface area contributed by atoms with Crippen LogP contribution in [0.5, 0.6) is 5.75 Å². The second-order valence-corrected chi connectivity index (χ2v) is 5.88. The molecule has 0 radical (unpaired) electrons. The third-order valence-corrected chi connectivity index (χ3v) is 4.43. The van der Waals surface area contributed by atoms with Gasteiger partial charge >= 0.3 is 0 Å². The summed E-state index contributed by atoms with van der Waals surface area (Å²) in [6, 6.07) is 11.2. The Kier molecular flexibility index (Phi) is 2.50. The molecule has 0 saturated carbocycles. The number of hydrogen-bond donors (Lipinski definition) is 0. The minimum absolute atomic E-state index is 0.686. The Morgan fingerprint density at radius 3 is 2.70 bits per heavy atom. The molecule has 100 valence electrons. The lowest BCUT2D eigenvalue weighted by atomic mass is 9.86. The number of benzene rings is 2. The van der Waals surface area contributed by atoms with Gasteiger partial charge in [-0.3, -0.25) is 0 Å². The molecular formula is C19H18O. The maximum absolute atomic E-state index is 5.99. The summed E-state index contributed by atoms with van der Waals surface area (Å²) in [5, 5.41) is 0. The van der Waals surface area contributed by atoms with E-state index in [1.807, 2.05) is 0 Å². The molecule has 0 atom stereocenters. The third-order valence-electron chi connectivity index (χ3n) is 4.43. The van der Waals surface area contributed by atoms with Crippen LogP contribution in [-0.2, 0) is 13.0 Å². The molecule has 0 unspecified atom stereocenters. The highest BCUT2D eigenvalue weighted by Crippen LogP contribution is 2.42. The summed E-state index contributed by atoms with van der Waals surface area (Å²) < 4.78 is 5.99. The van der Waals surface area contributed by atoms with Crippen molar-refractivity contribution in [2.24, 2.45) is 0 Å². The van der Waals surface area contributed by atoms with E-state index in [9.17, 15) is 0 Å². The molecule has 0 fully saturated rings. The molecule has 20 heavy (non-hydrogen) atoms. The minimum atomic E-state index is 0.686. The number of hydrogen-bond acceptors (Lipinski definition) is 1. The van der Waals surface area contributed by atoms with Gasteiger partial charge in [0.25, 0.3) is 0 Å². The summed E-state index contributed by atoms with van der Waals surface area (Å²) >= 11 is 0.